The molecule has 4 N–H and O–H groups in total. The Kier molecular flexibility index (Phi) is 24.0. The highest BCUT2D eigenvalue weighted by atomic mass is 16.6. The molecule has 0 unspecified atom stereocenters. The Hall–Kier alpha value is -0.730. The van der Waals surface area contributed by atoms with Crippen LogP contribution in [0.3, 0.4) is 0 Å². The van der Waals surface area contributed by atoms with Crippen molar-refractivity contribution in [1.29, 1.82) is 0 Å². The topological polar surface area (TPSA) is 110 Å². The largest absolute Gasteiger partial charge is 0.394 e. The van der Waals surface area contributed by atoms with Gasteiger partial charge in [0.15, 0.2) is 6.23 Å². The van der Waals surface area contributed by atoms with E-state index in [4.69, 9.17) is 4.74 Å². The standard InChI is InChI=1S/C34H67NO6/c1-3-5-7-9-11-13-15-16-17-18-20-22-24-26-30(37)35(27-25-23-21-19-14-12-10-8-6-4-2)34-33(40)32(39)31(38)29(28-36)41-34/h29,31-34,36,38-40H,3-28H2,1-2H3/t29-,31-,32+,33+,34-/m1/s1. The minimum Gasteiger partial charge on any atom is -0.394 e. The lowest BCUT2D eigenvalue weighted by atomic mass is 9.97. The molecule has 0 saturated carbocycles. The van der Waals surface area contributed by atoms with E-state index >= 15 is 0 Å². The first-order valence-corrected chi connectivity index (χ1v) is 17.6. The third kappa shape index (κ3) is 17.2. The van der Waals surface area contributed by atoms with Crippen molar-refractivity contribution >= 4 is 5.91 Å². The first kappa shape index (κ1) is 38.3. The average molecular weight is 586 g/mol. The van der Waals surface area contributed by atoms with Crippen LogP contribution in [0.15, 0.2) is 0 Å². The molecule has 0 aromatic carbocycles. The molecule has 7 heteroatoms. The fourth-order valence-electron chi connectivity index (χ4n) is 5.94. The van der Waals surface area contributed by atoms with Gasteiger partial charge in [-0.25, -0.2) is 0 Å². The molecule has 1 rings (SSSR count). The van der Waals surface area contributed by atoms with Gasteiger partial charge in [-0.2, -0.15) is 0 Å². The molecule has 7 nitrogen and oxygen atoms in total. The van der Waals surface area contributed by atoms with E-state index in [1.807, 2.05) is 0 Å². The molecule has 0 aromatic heterocycles. The monoisotopic (exact) mass is 585 g/mol. The zero-order valence-corrected chi connectivity index (χ0v) is 26.8. The molecular formula is C34H67NO6. The number of aliphatic hydroxyl groups excluding tert-OH is 4. The number of aliphatic hydroxyl groups is 4. The van der Waals surface area contributed by atoms with Crippen LogP contribution in [0.2, 0.25) is 0 Å². The molecule has 1 fully saturated rings. The molecule has 5 atom stereocenters. The number of unbranched alkanes of at least 4 members (excludes halogenated alkanes) is 21. The molecule has 1 saturated heterocycles. The maximum absolute atomic E-state index is 13.3. The van der Waals surface area contributed by atoms with Crippen molar-refractivity contribution in [2.75, 3.05) is 13.2 Å². The molecule has 1 aliphatic heterocycles. The van der Waals surface area contributed by atoms with Gasteiger partial charge in [-0.3, -0.25) is 4.79 Å². The lowest BCUT2D eigenvalue weighted by Gasteiger charge is -2.44. The highest BCUT2D eigenvalue weighted by molar-refractivity contribution is 5.76. The van der Waals surface area contributed by atoms with Crippen molar-refractivity contribution < 1.29 is 30.0 Å². The summed E-state index contributed by atoms with van der Waals surface area (Å²) in [6.07, 6.45) is 22.1. The van der Waals surface area contributed by atoms with Crippen LogP contribution < -0.4 is 0 Å². The number of hydrogen-bond acceptors (Lipinski definition) is 6. The van der Waals surface area contributed by atoms with Crippen LogP contribution in [-0.4, -0.2) is 75.0 Å². The van der Waals surface area contributed by atoms with Gasteiger partial charge in [0.25, 0.3) is 0 Å². The normalized spacial score (nSPS) is 22.7. The Morgan fingerprint density at radius 2 is 0.951 bits per heavy atom. The third-order valence-corrected chi connectivity index (χ3v) is 8.74. The van der Waals surface area contributed by atoms with E-state index in [0.29, 0.717) is 13.0 Å². The molecule has 1 amide bonds. The molecule has 0 spiro atoms. The summed E-state index contributed by atoms with van der Waals surface area (Å²) in [5.41, 5.74) is 0. The maximum atomic E-state index is 13.3. The summed E-state index contributed by atoms with van der Waals surface area (Å²) in [5.74, 6) is -0.0895. The molecular weight excluding hydrogens is 518 g/mol. The van der Waals surface area contributed by atoms with E-state index in [0.717, 1.165) is 38.5 Å². The lowest BCUT2D eigenvalue weighted by Crippen LogP contribution is -2.64. The second-order valence-electron chi connectivity index (χ2n) is 12.5. The first-order chi connectivity index (χ1) is 20.0. The first-order valence-electron chi connectivity index (χ1n) is 17.6. The van der Waals surface area contributed by atoms with Crippen molar-refractivity contribution in [3.05, 3.63) is 0 Å². The van der Waals surface area contributed by atoms with E-state index in [-0.39, 0.29) is 5.91 Å². The minimum absolute atomic E-state index is 0.0895. The van der Waals surface area contributed by atoms with Gasteiger partial charge >= 0.3 is 0 Å². The predicted molar refractivity (Wildman–Crippen MR) is 168 cm³/mol. The SMILES string of the molecule is CCCCCCCCCCCCCCCC(=O)N(CCCCCCCCCCCC)[C@@H]1O[C@H](CO)[C@@H](O)[C@H](O)[C@@H]1O. The number of amides is 1. The van der Waals surface area contributed by atoms with Crippen molar-refractivity contribution in [2.45, 2.75) is 199 Å². The molecule has 1 aliphatic rings. The Balaban J connectivity index is 2.39. The van der Waals surface area contributed by atoms with Crippen LogP contribution in [0.5, 0.6) is 0 Å². The number of nitrogens with zero attached hydrogens (tertiary/aromatic N) is 1. The zero-order chi connectivity index (χ0) is 30.1. The van der Waals surface area contributed by atoms with E-state index in [1.54, 1.807) is 4.90 Å². The van der Waals surface area contributed by atoms with Crippen LogP contribution in [-0.2, 0) is 9.53 Å². The molecule has 0 bridgehead atoms. The zero-order valence-electron chi connectivity index (χ0n) is 26.8. The quantitative estimate of drug-likeness (QED) is 0.0772. The second kappa shape index (κ2) is 25.7. The van der Waals surface area contributed by atoms with Gasteiger partial charge in [0.1, 0.15) is 24.4 Å². The highest BCUT2D eigenvalue weighted by Crippen LogP contribution is 2.25. The number of rotatable bonds is 27. The lowest BCUT2D eigenvalue weighted by molar-refractivity contribution is -0.262. The molecule has 0 aliphatic carbocycles. The van der Waals surface area contributed by atoms with Crippen molar-refractivity contribution in [2.24, 2.45) is 0 Å². The number of ether oxygens (including phenoxy) is 1. The highest BCUT2D eigenvalue weighted by Gasteiger charge is 2.46. The Labute approximate surface area is 252 Å². The van der Waals surface area contributed by atoms with Crippen LogP contribution in [0.25, 0.3) is 0 Å². The third-order valence-electron chi connectivity index (χ3n) is 8.74. The van der Waals surface area contributed by atoms with E-state index in [1.165, 1.54) is 109 Å². The van der Waals surface area contributed by atoms with Gasteiger partial charge < -0.3 is 30.1 Å². The number of carbonyl (C=O) groups excluding carboxylic acids is 1. The van der Waals surface area contributed by atoms with Gasteiger partial charge in [-0.05, 0) is 12.8 Å². The van der Waals surface area contributed by atoms with Gasteiger partial charge in [-0.15, -0.1) is 0 Å². The van der Waals surface area contributed by atoms with Crippen LogP contribution >= 0.6 is 0 Å². The summed E-state index contributed by atoms with van der Waals surface area (Å²) >= 11 is 0. The predicted octanol–water partition coefficient (Wildman–Crippen LogP) is 7.02. The molecule has 0 aromatic rings. The maximum Gasteiger partial charge on any atom is 0.224 e. The van der Waals surface area contributed by atoms with Crippen LogP contribution in [0.1, 0.15) is 168 Å². The van der Waals surface area contributed by atoms with Crippen molar-refractivity contribution in [1.82, 2.24) is 4.90 Å². The van der Waals surface area contributed by atoms with Gasteiger partial charge in [0, 0.05) is 13.0 Å². The molecule has 41 heavy (non-hydrogen) atoms. The molecule has 244 valence electrons. The average Bonchev–Trinajstić information content (AvgIpc) is 2.97. The van der Waals surface area contributed by atoms with Gasteiger partial charge in [0.05, 0.1) is 6.61 Å². The summed E-state index contributed by atoms with van der Waals surface area (Å²) < 4.78 is 5.77. The minimum atomic E-state index is -1.47. The Morgan fingerprint density at radius 1 is 0.561 bits per heavy atom. The Bertz CT molecular complexity index is 604. The summed E-state index contributed by atoms with van der Waals surface area (Å²) in [5, 5.41) is 40.8. The summed E-state index contributed by atoms with van der Waals surface area (Å²) in [6.45, 7) is 4.44. The van der Waals surface area contributed by atoms with Crippen molar-refractivity contribution in [3.8, 4) is 0 Å². The van der Waals surface area contributed by atoms with E-state index in [2.05, 4.69) is 13.8 Å². The van der Waals surface area contributed by atoms with E-state index in [9.17, 15) is 25.2 Å². The summed E-state index contributed by atoms with van der Waals surface area (Å²) in [7, 11) is 0. The summed E-state index contributed by atoms with van der Waals surface area (Å²) in [4.78, 5) is 14.8. The smallest absolute Gasteiger partial charge is 0.224 e. The van der Waals surface area contributed by atoms with Crippen LogP contribution in [0, 0.1) is 0 Å². The summed E-state index contributed by atoms with van der Waals surface area (Å²) in [6, 6.07) is 0. The Morgan fingerprint density at radius 3 is 1.37 bits per heavy atom. The number of hydrogen-bond donors (Lipinski definition) is 4. The molecule has 0 radical (unpaired) electrons. The fraction of sp³-hybridized carbons (Fsp3) is 0.971. The van der Waals surface area contributed by atoms with Crippen molar-refractivity contribution in [3.63, 3.8) is 0 Å². The van der Waals surface area contributed by atoms with Gasteiger partial charge in [-0.1, -0.05) is 149 Å². The van der Waals surface area contributed by atoms with Gasteiger partial charge in [0.2, 0.25) is 5.91 Å². The van der Waals surface area contributed by atoms with E-state index < -0.39 is 37.3 Å². The van der Waals surface area contributed by atoms with Crippen LogP contribution in [0.4, 0.5) is 0 Å². The number of carbonyl (C=O) groups is 1. The second-order valence-corrected chi connectivity index (χ2v) is 12.5. The fourth-order valence-corrected chi connectivity index (χ4v) is 5.94. The molecule has 1 heterocycles.